The Labute approximate surface area is 77.8 Å². The van der Waals surface area contributed by atoms with Gasteiger partial charge in [-0.05, 0) is 26.2 Å². The van der Waals surface area contributed by atoms with Crippen LogP contribution < -0.4 is 0 Å². The molecular weight excluding hydrogens is 170 g/mol. The Morgan fingerprint density at radius 1 is 1.38 bits per heavy atom. The number of piperidine rings is 1. The Hall–Kier alpha value is -1.06. The van der Waals surface area contributed by atoms with E-state index in [-0.39, 0.29) is 17.9 Å². The first-order chi connectivity index (χ1) is 6.16. The predicted octanol–water partition coefficient (Wildman–Crippen LogP) is 1.20. The number of Topliss-reactive ketones (excluding diaryl/α,β-unsaturated/α-hetero) is 1. The summed E-state index contributed by atoms with van der Waals surface area (Å²) in [5.41, 5.74) is 0. The van der Waals surface area contributed by atoms with Gasteiger partial charge in [0.15, 0.2) is 5.78 Å². The van der Waals surface area contributed by atoms with Gasteiger partial charge in [0.25, 0.3) is 0 Å². The quantitative estimate of drug-likeness (QED) is 0.616. The third-order valence-corrected chi connectivity index (χ3v) is 2.38. The van der Waals surface area contributed by atoms with E-state index in [1.165, 1.54) is 18.9 Å². The van der Waals surface area contributed by atoms with Crippen LogP contribution in [0.15, 0.2) is 0 Å². The third kappa shape index (κ3) is 2.20. The van der Waals surface area contributed by atoms with Gasteiger partial charge in [-0.25, -0.2) is 4.79 Å². The topological polar surface area (TPSA) is 46.6 Å². The molecule has 4 heteroatoms. The standard InChI is InChI=1S/C9H15NO3/c1-7(11)8-5-3-4-6-10(8)9(12)13-2/h8H,3-6H2,1-2H3. The van der Waals surface area contributed by atoms with Crippen molar-refractivity contribution in [2.75, 3.05) is 13.7 Å². The number of hydrogen-bond acceptors (Lipinski definition) is 3. The number of nitrogens with zero attached hydrogens (tertiary/aromatic N) is 1. The molecule has 0 N–H and O–H groups in total. The van der Waals surface area contributed by atoms with Crippen molar-refractivity contribution in [2.45, 2.75) is 32.2 Å². The molecule has 0 radical (unpaired) electrons. The van der Waals surface area contributed by atoms with E-state index in [4.69, 9.17) is 0 Å². The highest BCUT2D eigenvalue weighted by atomic mass is 16.5. The van der Waals surface area contributed by atoms with Gasteiger partial charge in [0, 0.05) is 6.54 Å². The van der Waals surface area contributed by atoms with Gasteiger partial charge in [0.05, 0.1) is 13.2 Å². The molecule has 0 bridgehead atoms. The lowest BCUT2D eigenvalue weighted by molar-refractivity contribution is -0.122. The molecule has 0 aromatic carbocycles. The number of ketones is 1. The minimum absolute atomic E-state index is 0.0464. The summed E-state index contributed by atoms with van der Waals surface area (Å²) in [7, 11) is 1.34. The summed E-state index contributed by atoms with van der Waals surface area (Å²) in [6.07, 6.45) is 2.35. The van der Waals surface area contributed by atoms with Crippen LogP contribution in [0.2, 0.25) is 0 Å². The van der Waals surface area contributed by atoms with Crippen molar-refractivity contribution in [2.24, 2.45) is 0 Å². The van der Waals surface area contributed by atoms with Crippen LogP contribution in [0.25, 0.3) is 0 Å². The van der Waals surface area contributed by atoms with Crippen LogP contribution in [0.4, 0.5) is 4.79 Å². The van der Waals surface area contributed by atoms with E-state index in [9.17, 15) is 9.59 Å². The van der Waals surface area contributed by atoms with Crippen LogP contribution in [0.3, 0.4) is 0 Å². The van der Waals surface area contributed by atoms with Crippen LogP contribution in [-0.2, 0) is 9.53 Å². The number of carbonyl (C=O) groups is 2. The third-order valence-electron chi connectivity index (χ3n) is 2.38. The lowest BCUT2D eigenvalue weighted by Crippen LogP contribution is -2.47. The maximum absolute atomic E-state index is 11.2. The molecule has 0 aromatic heterocycles. The molecule has 1 rings (SSSR count). The summed E-state index contributed by atoms with van der Waals surface area (Å²) in [6.45, 7) is 2.16. The molecule has 0 aliphatic carbocycles. The lowest BCUT2D eigenvalue weighted by Gasteiger charge is -2.32. The summed E-state index contributed by atoms with van der Waals surface area (Å²) in [5.74, 6) is 0.0464. The van der Waals surface area contributed by atoms with Gasteiger partial charge in [-0.1, -0.05) is 0 Å². The molecule has 0 spiro atoms. The van der Waals surface area contributed by atoms with Crippen molar-refractivity contribution in [3.8, 4) is 0 Å². The van der Waals surface area contributed by atoms with E-state index in [1.54, 1.807) is 0 Å². The van der Waals surface area contributed by atoms with Gasteiger partial charge < -0.3 is 4.74 Å². The highest BCUT2D eigenvalue weighted by Crippen LogP contribution is 2.18. The van der Waals surface area contributed by atoms with Crippen LogP contribution in [0, 0.1) is 0 Å². The average Bonchev–Trinajstić information content (AvgIpc) is 2.16. The minimum Gasteiger partial charge on any atom is -0.453 e. The van der Waals surface area contributed by atoms with E-state index in [2.05, 4.69) is 4.74 Å². The fourth-order valence-corrected chi connectivity index (χ4v) is 1.69. The highest BCUT2D eigenvalue weighted by molar-refractivity contribution is 5.85. The molecule has 4 nitrogen and oxygen atoms in total. The maximum Gasteiger partial charge on any atom is 0.410 e. The molecule has 1 aliphatic rings. The molecule has 0 saturated carbocycles. The Morgan fingerprint density at radius 3 is 2.62 bits per heavy atom. The number of rotatable bonds is 1. The number of ether oxygens (including phenoxy) is 1. The lowest BCUT2D eigenvalue weighted by atomic mass is 10.00. The van der Waals surface area contributed by atoms with Crippen molar-refractivity contribution >= 4 is 11.9 Å². The Morgan fingerprint density at radius 2 is 2.08 bits per heavy atom. The van der Waals surface area contributed by atoms with Gasteiger partial charge in [-0.15, -0.1) is 0 Å². The summed E-state index contributed by atoms with van der Waals surface area (Å²) >= 11 is 0. The fourth-order valence-electron chi connectivity index (χ4n) is 1.69. The van der Waals surface area contributed by atoms with E-state index < -0.39 is 0 Å². The Bertz CT molecular complexity index is 215. The van der Waals surface area contributed by atoms with Crippen LogP contribution in [-0.4, -0.2) is 36.5 Å². The zero-order valence-corrected chi connectivity index (χ0v) is 8.08. The fraction of sp³-hybridized carbons (Fsp3) is 0.778. The van der Waals surface area contributed by atoms with Crippen molar-refractivity contribution < 1.29 is 14.3 Å². The second-order valence-electron chi connectivity index (χ2n) is 3.29. The first-order valence-corrected chi connectivity index (χ1v) is 4.52. The maximum atomic E-state index is 11.2. The first-order valence-electron chi connectivity index (χ1n) is 4.52. The number of carbonyl (C=O) groups excluding carboxylic acids is 2. The minimum atomic E-state index is -0.389. The predicted molar refractivity (Wildman–Crippen MR) is 47.4 cm³/mol. The number of amides is 1. The molecule has 74 valence electrons. The molecule has 1 saturated heterocycles. The molecule has 1 amide bonds. The van der Waals surface area contributed by atoms with Gasteiger partial charge in [-0.2, -0.15) is 0 Å². The first kappa shape index (κ1) is 10.0. The van der Waals surface area contributed by atoms with E-state index in [1.807, 2.05) is 0 Å². The summed E-state index contributed by atoms with van der Waals surface area (Å²) in [6, 6.07) is -0.263. The molecule has 1 heterocycles. The Kier molecular flexibility index (Phi) is 3.28. The molecule has 1 aliphatic heterocycles. The largest absolute Gasteiger partial charge is 0.453 e. The SMILES string of the molecule is COC(=O)N1CCCCC1C(C)=O. The zero-order valence-electron chi connectivity index (χ0n) is 8.08. The summed E-state index contributed by atoms with van der Waals surface area (Å²) < 4.78 is 4.60. The molecule has 1 atom stereocenters. The van der Waals surface area contributed by atoms with E-state index >= 15 is 0 Å². The van der Waals surface area contributed by atoms with Gasteiger partial charge in [0.2, 0.25) is 0 Å². The summed E-state index contributed by atoms with van der Waals surface area (Å²) in [5, 5.41) is 0. The number of likely N-dealkylation sites (tertiary alicyclic amines) is 1. The van der Waals surface area contributed by atoms with E-state index in [0.717, 1.165) is 19.3 Å². The number of hydrogen-bond donors (Lipinski definition) is 0. The second-order valence-corrected chi connectivity index (χ2v) is 3.29. The Balaban J connectivity index is 2.67. The smallest absolute Gasteiger partial charge is 0.410 e. The van der Waals surface area contributed by atoms with Crippen LogP contribution in [0.1, 0.15) is 26.2 Å². The normalized spacial score (nSPS) is 22.6. The average molecular weight is 185 g/mol. The van der Waals surface area contributed by atoms with E-state index in [0.29, 0.717) is 6.54 Å². The number of methoxy groups -OCH3 is 1. The van der Waals surface area contributed by atoms with Crippen molar-refractivity contribution in [3.63, 3.8) is 0 Å². The zero-order chi connectivity index (χ0) is 9.84. The van der Waals surface area contributed by atoms with Gasteiger partial charge >= 0.3 is 6.09 Å². The van der Waals surface area contributed by atoms with Crippen LogP contribution >= 0.6 is 0 Å². The molecular formula is C9H15NO3. The van der Waals surface area contributed by atoms with Crippen molar-refractivity contribution in [1.29, 1.82) is 0 Å². The second kappa shape index (κ2) is 4.25. The molecule has 1 fully saturated rings. The van der Waals surface area contributed by atoms with Gasteiger partial charge in [-0.3, -0.25) is 9.69 Å². The molecule has 13 heavy (non-hydrogen) atoms. The summed E-state index contributed by atoms with van der Waals surface area (Å²) in [4.78, 5) is 23.9. The monoisotopic (exact) mass is 185 g/mol. The van der Waals surface area contributed by atoms with Gasteiger partial charge in [0.1, 0.15) is 0 Å². The van der Waals surface area contributed by atoms with Crippen LogP contribution in [0.5, 0.6) is 0 Å². The van der Waals surface area contributed by atoms with Crippen molar-refractivity contribution in [1.82, 2.24) is 4.90 Å². The molecule has 0 aromatic rings. The molecule has 1 unspecified atom stereocenters. The highest BCUT2D eigenvalue weighted by Gasteiger charge is 2.30. The van der Waals surface area contributed by atoms with Crippen molar-refractivity contribution in [3.05, 3.63) is 0 Å².